The smallest absolute Gasteiger partial charge is 0.328 e. The van der Waals surface area contributed by atoms with Crippen LogP contribution in [0.2, 0.25) is 0 Å². The predicted octanol–water partition coefficient (Wildman–Crippen LogP) is 5.07. The summed E-state index contributed by atoms with van der Waals surface area (Å²) in [7, 11) is 4.24. The van der Waals surface area contributed by atoms with Gasteiger partial charge < -0.3 is 18.9 Å². The number of ether oxygens (including phenoxy) is 4. The second kappa shape index (κ2) is 10.2. The molecular formula is C31H54N2O6. The van der Waals surface area contributed by atoms with Crippen LogP contribution in [0.5, 0.6) is 0 Å². The van der Waals surface area contributed by atoms with Crippen LogP contribution in [0.15, 0.2) is 0 Å². The van der Waals surface area contributed by atoms with Crippen molar-refractivity contribution in [3.05, 3.63) is 0 Å². The van der Waals surface area contributed by atoms with Gasteiger partial charge in [-0.25, -0.2) is 0 Å². The zero-order valence-corrected chi connectivity index (χ0v) is 26.3. The van der Waals surface area contributed by atoms with E-state index in [2.05, 4.69) is 79.3 Å². The number of hydrogen-bond donors (Lipinski definition) is 0. The normalized spacial score (nSPS) is 30.5. The molecule has 3 heterocycles. The quantitative estimate of drug-likeness (QED) is 0.355. The molecule has 4 rings (SSSR count). The highest BCUT2D eigenvalue weighted by molar-refractivity contribution is 6.00. The zero-order valence-electron chi connectivity index (χ0n) is 26.3. The number of hydrogen-bond acceptors (Lipinski definition) is 8. The van der Waals surface area contributed by atoms with Crippen LogP contribution in [0.25, 0.3) is 0 Å². The third-order valence-corrected chi connectivity index (χ3v) is 10.6. The lowest BCUT2D eigenvalue weighted by atomic mass is 9.78. The Hall–Kier alpha value is -1.22. The lowest BCUT2D eigenvalue weighted by Gasteiger charge is -2.54. The van der Waals surface area contributed by atoms with Crippen molar-refractivity contribution < 1.29 is 28.5 Å². The molecule has 3 saturated heterocycles. The molecule has 3 aliphatic heterocycles. The molecule has 1 saturated carbocycles. The SMILES string of the molecule is CN1C(C)(C)CC(OC(=O)C2(C(=O)OC3CC(C)(C)N(C)C(C)(C)C3)COC3(CCCCC3)OC2)CC1(C)C. The van der Waals surface area contributed by atoms with Gasteiger partial charge in [-0.05, 0) is 82.3 Å². The minimum absolute atomic E-state index is 0.0660. The highest BCUT2D eigenvalue weighted by Crippen LogP contribution is 2.44. The van der Waals surface area contributed by atoms with Crippen molar-refractivity contribution >= 4 is 11.9 Å². The van der Waals surface area contributed by atoms with Gasteiger partial charge in [-0.2, -0.15) is 0 Å². The van der Waals surface area contributed by atoms with Gasteiger partial charge in [0.05, 0.1) is 13.2 Å². The summed E-state index contributed by atoms with van der Waals surface area (Å²) in [5, 5.41) is 0. The molecule has 39 heavy (non-hydrogen) atoms. The largest absolute Gasteiger partial charge is 0.461 e. The molecule has 8 heteroatoms. The van der Waals surface area contributed by atoms with E-state index in [4.69, 9.17) is 18.9 Å². The number of piperidine rings is 2. The number of esters is 2. The van der Waals surface area contributed by atoms with Crippen LogP contribution in [0, 0.1) is 5.41 Å². The van der Waals surface area contributed by atoms with Crippen LogP contribution in [-0.2, 0) is 28.5 Å². The molecule has 0 unspecified atom stereocenters. The lowest BCUT2D eigenvalue weighted by molar-refractivity contribution is -0.312. The van der Waals surface area contributed by atoms with E-state index < -0.39 is 23.1 Å². The molecule has 0 aromatic carbocycles. The Labute approximate surface area is 236 Å². The van der Waals surface area contributed by atoms with E-state index in [0.717, 1.165) is 32.1 Å². The molecule has 224 valence electrons. The number of nitrogens with zero attached hydrogens (tertiary/aromatic N) is 2. The van der Waals surface area contributed by atoms with Gasteiger partial charge in [0.2, 0.25) is 5.41 Å². The van der Waals surface area contributed by atoms with E-state index in [-0.39, 0.29) is 47.6 Å². The maximum absolute atomic E-state index is 14.0. The molecule has 0 atom stereocenters. The first-order valence-corrected chi connectivity index (χ1v) is 15.0. The highest BCUT2D eigenvalue weighted by Gasteiger charge is 2.59. The Balaban J connectivity index is 1.56. The van der Waals surface area contributed by atoms with Crippen molar-refractivity contribution in [3.8, 4) is 0 Å². The number of likely N-dealkylation sites (tertiary alicyclic amines) is 2. The third kappa shape index (κ3) is 5.91. The van der Waals surface area contributed by atoms with Crippen molar-refractivity contribution in [2.45, 2.75) is 153 Å². The van der Waals surface area contributed by atoms with Gasteiger partial charge in [0, 0.05) is 60.7 Å². The molecule has 4 fully saturated rings. The van der Waals surface area contributed by atoms with E-state index in [1.165, 1.54) is 0 Å². The molecule has 0 aromatic heterocycles. The summed E-state index contributed by atoms with van der Waals surface area (Å²) in [6.07, 6.45) is 6.86. The first-order chi connectivity index (χ1) is 17.8. The van der Waals surface area contributed by atoms with Crippen LogP contribution in [0.1, 0.15) is 113 Å². The Morgan fingerprint density at radius 1 is 0.615 bits per heavy atom. The van der Waals surface area contributed by atoms with Crippen LogP contribution in [-0.4, -0.2) is 89.2 Å². The number of carbonyl (C=O) groups is 2. The third-order valence-electron chi connectivity index (χ3n) is 10.6. The van der Waals surface area contributed by atoms with Gasteiger partial charge >= 0.3 is 11.9 Å². The first-order valence-electron chi connectivity index (χ1n) is 15.0. The van der Waals surface area contributed by atoms with Crippen LogP contribution in [0.4, 0.5) is 0 Å². The molecular weight excluding hydrogens is 496 g/mol. The van der Waals surface area contributed by atoms with Gasteiger partial charge in [0.15, 0.2) is 5.79 Å². The lowest BCUT2D eigenvalue weighted by Crippen LogP contribution is -2.63. The van der Waals surface area contributed by atoms with Crippen molar-refractivity contribution in [1.82, 2.24) is 9.80 Å². The van der Waals surface area contributed by atoms with E-state index in [0.29, 0.717) is 25.7 Å². The van der Waals surface area contributed by atoms with Gasteiger partial charge in [0.1, 0.15) is 12.2 Å². The Morgan fingerprint density at radius 2 is 0.949 bits per heavy atom. The Kier molecular flexibility index (Phi) is 8.08. The second-order valence-electron chi connectivity index (χ2n) is 15.4. The van der Waals surface area contributed by atoms with Gasteiger partial charge in [-0.3, -0.25) is 19.4 Å². The van der Waals surface area contributed by atoms with Crippen molar-refractivity contribution in [2.24, 2.45) is 5.41 Å². The van der Waals surface area contributed by atoms with E-state index >= 15 is 0 Å². The fraction of sp³-hybridized carbons (Fsp3) is 0.935. The summed E-state index contributed by atoms with van der Waals surface area (Å²) in [6, 6.07) is 0. The second-order valence-corrected chi connectivity index (χ2v) is 15.4. The average molecular weight is 551 g/mol. The number of rotatable bonds is 4. The monoisotopic (exact) mass is 550 g/mol. The van der Waals surface area contributed by atoms with E-state index in [1.807, 2.05) is 0 Å². The van der Waals surface area contributed by atoms with Crippen LogP contribution < -0.4 is 0 Å². The Bertz CT molecular complexity index is 831. The molecule has 1 spiro atoms. The molecule has 1 aliphatic carbocycles. The molecule has 0 N–H and O–H groups in total. The fourth-order valence-electron chi connectivity index (χ4n) is 7.55. The Morgan fingerprint density at radius 3 is 1.28 bits per heavy atom. The summed E-state index contributed by atoms with van der Waals surface area (Å²) in [6.45, 7) is 17.2. The molecule has 0 aromatic rings. The molecule has 8 nitrogen and oxygen atoms in total. The average Bonchev–Trinajstić information content (AvgIpc) is 2.81. The van der Waals surface area contributed by atoms with Crippen molar-refractivity contribution in [2.75, 3.05) is 27.3 Å². The summed E-state index contributed by atoms with van der Waals surface area (Å²) >= 11 is 0. The van der Waals surface area contributed by atoms with Crippen molar-refractivity contribution in [1.29, 1.82) is 0 Å². The van der Waals surface area contributed by atoms with Gasteiger partial charge in [0.25, 0.3) is 0 Å². The minimum Gasteiger partial charge on any atom is -0.461 e. The minimum atomic E-state index is -1.63. The number of carbonyl (C=O) groups excluding carboxylic acids is 2. The molecule has 4 aliphatic rings. The standard InChI is InChI=1S/C31H54N2O6/c1-26(2)16-22(17-27(3,4)32(26)9)38-24(34)30(20-36-31(37-21-30)14-12-11-13-15-31)25(35)39-23-18-28(5,6)33(10)29(7,8)19-23/h22-23H,11-21H2,1-10H3. The summed E-state index contributed by atoms with van der Waals surface area (Å²) in [5.74, 6) is -1.87. The zero-order chi connectivity index (χ0) is 29.1. The van der Waals surface area contributed by atoms with Gasteiger partial charge in [-0.1, -0.05) is 6.42 Å². The van der Waals surface area contributed by atoms with E-state index in [9.17, 15) is 9.59 Å². The fourth-order valence-corrected chi connectivity index (χ4v) is 7.55. The van der Waals surface area contributed by atoms with Crippen LogP contribution in [0.3, 0.4) is 0 Å². The van der Waals surface area contributed by atoms with Crippen LogP contribution >= 0.6 is 0 Å². The molecule has 0 amide bonds. The summed E-state index contributed by atoms with van der Waals surface area (Å²) < 4.78 is 25.0. The maximum Gasteiger partial charge on any atom is 0.328 e. The van der Waals surface area contributed by atoms with E-state index in [1.54, 1.807) is 0 Å². The van der Waals surface area contributed by atoms with Gasteiger partial charge in [-0.15, -0.1) is 0 Å². The summed E-state index contributed by atoms with van der Waals surface area (Å²) in [4.78, 5) is 32.8. The highest BCUT2D eigenvalue weighted by atomic mass is 16.7. The molecule has 0 bridgehead atoms. The summed E-state index contributed by atoms with van der Waals surface area (Å²) in [5.41, 5.74) is -2.25. The molecule has 0 radical (unpaired) electrons. The maximum atomic E-state index is 14.0. The predicted molar refractivity (Wildman–Crippen MR) is 150 cm³/mol. The topological polar surface area (TPSA) is 77.5 Å². The first kappa shape index (κ1) is 30.7. The van der Waals surface area contributed by atoms with Crippen molar-refractivity contribution in [3.63, 3.8) is 0 Å².